The second kappa shape index (κ2) is 4.47. The van der Waals surface area contributed by atoms with Crippen LogP contribution in [-0.4, -0.2) is 16.9 Å². The van der Waals surface area contributed by atoms with Crippen molar-refractivity contribution in [1.82, 2.24) is 9.88 Å². The summed E-state index contributed by atoms with van der Waals surface area (Å²) in [6.45, 7) is 4.38. The van der Waals surface area contributed by atoms with Crippen LogP contribution < -0.4 is 0 Å². The SMILES string of the molecule is Cc1cc2oc3ccncc3c2cc1C1(C)C=CC=CN1C. The van der Waals surface area contributed by atoms with Gasteiger partial charge in [0.05, 0.1) is 5.54 Å². The molecule has 0 radical (unpaired) electrons. The van der Waals surface area contributed by atoms with E-state index in [0.717, 1.165) is 21.9 Å². The highest BCUT2D eigenvalue weighted by Gasteiger charge is 2.30. The number of nitrogens with zero attached hydrogens (tertiary/aromatic N) is 2. The van der Waals surface area contributed by atoms with Gasteiger partial charge in [0.1, 0.15) is 11.2 Å². The van der Waals surface area contributed by atoms with Gasteiger partial charge in [0.25, 0.3) is 0 Å². The van der Waals surface area contributed by atoms with Gasteiger partial charge in [-0.1, -0.05) is 12.2 Å². The highest BCUT2D eigenvalue weighted by molar-refractivity contribution is 6.04. The first-order valence-corrected chi connectivity index (χ1v) is 7.46. The molecule has 0 saturated carbocycles. The zero-order valence-corrected chi connectivity index (χ0v) is 13.0. The van der Waals surface area contributed by atoms with Crippen molar-refractivity contribution in [2.24, 2.45) is 0 Å². The molecule has 3 heterocycles. The minimum Gasteiger partial charge on any atom is -0.456 e. The van der Waals surface area contributed by atoms with Crippen molar-refractivity contribution in [2.75, 3.05) is 7.05 Å². The predicted octanol–water partition coefficient (Wildman–Crippen LogP) is 4.52. The fourth-order valence-corrected chi connectivity index (χ4v) is 3.29. The lowest BCUT2D eigenvalue weighted by Gasteiger charge is -2.39. The molecule has 0 saturated heterocycles. The molecule has 1 aliphatic heterocycles. The van der Waals surface area contributed by atoms with Gasteiger partial charge in [-0.2, -0.15) is 0 Å². The van der Waals surface area contributed by atoms with Crippen molar-refractivity contribution < 1.29 is 4.42 Å². The number of allylic oxidation sites excluding steroid dienone is 2. The maximum absolute atomic E-state index is 5.95. The van der Waals surface area contributed by atoms with E-state index in [1.54, 1.807) is 6.20 Å². The van der Waals surface area contributed by atoms with Gasteiger partial charge in [0.15, 0.2) is 0 Å². The molecule has 1 unspecified atom stereocenters. The van der Waals surface area contributed by atoms with Crippen LogP contribution in [0, 0.1) is 6.92 Å². The van der Waals surface area contributed by atoms with Crippen LogP contribution in [0.15, 0.2) is 59.4 Å². The Morgan fingerprint density at radius 3 is 2.82 bits per heavy atom. The maximum Gasteiger partial charge on any atom is 0.138 e. The second-order valence-electron chi connectivity index (χ2n) is 6.10. The van der Waals surface area contributed by atoms with Crippen LogP contribution in [0.3, 0.4) is 0 Å². The van der Waals surface area contributed by atoms with Gasteiger partial charge in [-0.25, -0.2) is 0 Å². The van der Waals surface area contributed by atoms with E-state index in [1.807, 2.05) is 12.3 Å². The summed E-state index contributed by atoms with van der Waals surface area (Å²) in [6, 6.07) is 6.30. The Labute approximate surface area is 129 Å². The maximum atomic E-state index is 5.95. The van der Waals surface area contributed by atoms with Crippen LogP contribution in [0.5, 0.6) is 0 Å². The molecular formula is C19H18N2O. The number of furan rings is 1. The summed E-state index contributed by atoms with van der Waals surface area (Å²) in [7, 11) is 2.11. The van der Waals surface area contributed by atoms with E-state index in [4.69, 9.17) is 4.42 Å². The zero-order valence-electron chi connectivity index (χ0n) is 13.0. The molecule has 0 aliphatic carbocycles. The van der Waals surface area contributed by atoms with Crippen LogP contribution in [-0.2, 0) is 5.54 Å². The van der Waals surface area contributed by atoms with E-state index in [-0.39, 0.29) is 5.54 Å². The van der Waals surface area contributed by atoms with Crippen molar-refractivity contribution in [3.63, 3.8) is 0 Å². The Morgan fingerprint density at radius 2 is 2.00 bits per heavy atom. The van der Waals surface area contributed by atoms with Gasteiger partial charge in [0, 0.05) is 30.2 Å². The Bertz CT molecular complexity index is 935. The standard InChI is InChI=1S/C19H18N2O/c1-13-10-18-14(15-12-20-8-6-17(15)22-18)11-16(13)19(2)7-4-5-9-21(19)3/h4-12H,1-3H3. The summed E-state index contributed by atoms with van der Waals surface area (Å²) in [6.07, 6.45) is 12.2. The lowest BCUT2D eigenvalue weighted by atomic mass is 9.85. The fraction of sp³-hybridized carbons (Fsp3) is 0.211. The highest BCUT2D eigenvalue weighted by Crippen LogP contribution is 2.38. The molecule has 0 fully saturated rings. The average Bonchev–Trinajstić information content (AvgIpc) is 2.86. The zero-order chi connectivity index (χ0) is 15.3. The summed E-state index contributed by atoms with van der Waals surface area (Å²) < 4.78 is 5.95. The van der Waals surface area contributed by atoms with E-state index in [9.17, 15) is 0 Å². The number of benzene rings is 1. The van der Waals surface area contributed by atoms with Gasteiger partial charge < -0.3 is 9.32 Å². The molecular weight excluding hydrogens is 272 g/mol. The molecule has 0 bridgehead atoms. The Kier molecular flexibility index (Phi) is 2.67. The number of fused-ring (bicyclic) bond motifs is 3. The molecule has 0 N–H and O–H groups in total. The van der Waals surface area contributed by atoms with Crippen molar-refractivity contribution in [3.05, 3.63) is 66.1 Å². The third-order valence-corrected chi connectivity index (χ3v) is 4.74. The van der Waals surface area contributed by atoms with Crippen LogP contribution in [0.2, 0.25) is 0 Å². The molecule has 0 amide bonds. The van der Waals surface area contributed by atoms with Crippen LogP contribution >= 0.6 is 0 Å². The number of aromatic nitrogens is 1. The molecule has 2 aromatic heterocycles. The second-order valence-corrected chi connectivity index (χ2v) is 6.10. The van der Waals surface area contributed by atoms with Crippen molar-refractivity contribution >= 4 is 21.9 Å². The molecule has 3 aromatic rings. The van der Waals surface area contributed by atoms with Gasteiger partial charge in [-0.05, 0) is 55.4 Å². The normalized spacial score (nSPS) is 21.1. The smallest absolute Gasteiger partial charge is 0.138 e. The lowest BCUT2D eigenvalue weighted by molar-refractivity contribution is 0.261. The summed E-state index contributed by atoms with van der Waals surface area (Å²) in [5.41, 5.74) is 4.17. The highest BCUT2D eigenvalue weighted by atomic mass is 16.3. The largest absolute Gasteiger partial charge is 0.456 e. The third-order valence-electron chi connectivity index (χ3n) is 4.74. The molecule has 1 aromatic carbocycles. The molecule has 1 atom stereocenters. The minimum atomic E-state index is -0.154. The monoisotopic (exact) mass is 290 g/mol. The Balaban J connectivity index is 2.02. The van der Waals surface area contributed by atoms with Crippen LogP contribution in [0.4, 0.5) is 0 Å². The molecule has 3 heteroatoms. The first kappa shape index (κ1) is 13.1. The minimum absolute atomic E-state index is 0.154. The van der Waals surface area contributed by atoms with E-state index in [0.29, 0.717) is 0 Å². The number of hydrogen-bond donors (Lipinski definition) is 0. The molecule has 4 rings (SSSR count). The van der Waals surface area contributed by atoms with Crippen LogP contribution in [0.25, 0.3) is 21.9 Å². The predicted molar refractivity (Wildman–Crippen MR) is 89.6 cm³/mol. The number of aryl methyl sites for hydroxylation is 1. The summed E-state index contributed by atoms with van der Waals surface area (Å²) in [5, 5.41) is 2.20. The van der Waals surface area contributed by atoms with E-state index in [2.05, 4.69) is 67.3 Å². The molecule has 1 aliphatic rings. The van der Waals surface area contributed by atoms with Crippen molar-refractivity contribution in [2.45, 2.75) is 19.4 Å². The van der Waals surface area contributed by atoms with Gasteiger partial charge >= 0.3 is 0 Å². The molecule has 110 valence electrons. The number of likely N-dealkylation sites (N-methyl/N-ethyl adjacent to an activating group) is 1. The first-order chi connectivity index (χ1) is 10.6. The van der Waals surface area contributed by atoms with Gasteiger partial charge in [-0.15, -0.1) is 0 Å². The van der Waals surface area contributed by atoms with Gasteiger partial charge in [0.2, 0.25) is 0 Å². The third kappa shape index (κ3) is 1.72. The summed E-state index contributed by atoms with van der Waals surface area (Å²) in [4.78, 5) is 6.47. The molecule has 22 heavy (non-hydrogen) atoms. The topological polar surface area (TPSA) is 29.3 Å². The van der Waals surface area contributed by atoms with Crippen molar-refractivity contribution in [3.8, 4) is 0 Å². The fourth-order valence-electron chi connectivity index (χ4n) is 3.29. The quantitative estimate of drug-likeness (QED) is 0.660. The average molecular weight is 290 g/mol. The summed E-state index contributed by atoms with van der Waals surface area (Å²) in [5.74, 6) is 0. The molecule has 0 spiro atoms. The number of hydrogen-bond acceptors (Lipinski definition) is 3. The van der Waals surface area contributed by atoms with Gasteiger partial charge in [-0.3, -0.25) is 4.98 Å². The van der Waals surface area contributed by atoms with E-state index in [1.165, 1.54) is 11.1 Å². The van der Waals surface area contributed by atoms with Crippen LogP contribution in [0.1, 0.15) is 18.1 Å². The lowest BCUT2D eigenvalue weighted by Crippen LogP contribution is -2.37. The van der Waals surface area contributed by atoms with E-state index >= 15 is 0 Å². The molecule has 3 nitrogen and oxygen atoms in total. The first-order valence-electron chi connectivity index (χ1n) is 7.46. The Hall–Kier alpha value is -2.55. The van der Waals surface area contributed by atoms with Crippen molar-refractivity contribution in [1.29, 1.82) is 0 Å². The van der Waals surface area contributed by atoms with E-state index < -0.39 is 0 Å². The number of rotatable bonds is 1. The Morgan fingerprint density at radius 1 is 1.14 bits per heavy atom. The summed E-state index contributed by atoms with van der Waals surface area (Å²) >= 11 is 0. The number of pyridine rings is 1.